The Balaban J connectivity index is 2.53. The molecule has 0 bridgehead atoms. The monoisotopic (exact) mass is 280 g/mol. The Bertz CT molecular complexity index is 474. The van der Waals surface area contributed by atoms with Crippen molar-refractivity contribution in [2.75, 3.05) is 6.54 Å². The van der Waals surface area contributed by atoms with Crippen molar-refractivity contribution in [3.8, 4) is 0 Å². The first-order valence-electron chi connectivity index (χ1n) is 6.57. The van der Waals surface area contributed by atoms with E-state index in [9.17, 15) is 20.0 Å². The summed E-state index contributed by atoms with van der Waals surface area (Å²) in [7, 11) is 0. The lowest BCUT2D eigenvalue weighted by Crippen LogP contribution is -2.33. The lowest BCUT2D eigenvalue weighted by atomic mass is 10.1. The van der Waals surface area contributed by atoms with Gasteiger partial charge in [-0.05, 0) is 12.3 Å². The van der Waals surface area contributed by atoms with Crippen LogP contribution in [0.2, 0.25) is 0 Å². The summed E-state index contributed by atoms with van der Waals surface area (Å²) in [4.78, 5) is 22.1. The molecule has 1 amide bonds. The van der Waals surface area contributed by atoms with E-state index in [0.717, 1.165) is 0 Å². The molecule has 0 fully saturated rings. The SMILES string of the molecule is CC(C)CC(O)CNC(=O)Cc1ccccc1[N+](=O)[O-]. The molecule has 6 nitrogen and oxygen atoms in total. The summed E-state index contributed by atoms with van der Waals surface area (Å²) in [5.41, 5.74) is 0.304. The number of rotatable bonds is 7. The second kappa shape index (κ2) is 7.59. The maximum absolute atomic E-state index is 11.7. The number of nitro groups is 1. The van der Waals surface area contributed by atoms with Gasteiger partial charge >= 0.3 is 0 Å². The molecule has 2 N–H and O–H groups in total. The summed E-state index contributed by atoms with van der Waals surface area (Å²) in [6.07, 6.45) is -0.0539. The highest BCUT2D eigenvalue weighted by Gasteiger charge is 2.16. The molecule has 1 atom stereocenters. The molecule has 1 rings (SSSR count). The van der Waals surface area contributed by atoms with Gasteiger partial charge < -0.3 is 10.4 Å². The van der Waals surface area contributed by atoms with Gasteiger partial charge in [-0.25, -0.2) is 0 Å². The number of nitrogens with zero attached hydrogens (tertiary/aromatic N) is 1. The molecule has 110 valence electrons. The van der Waals surface area contributed by atoms with Gasteiger partial charge in [-0.1, -0.05) is 32.0 Å². The maximum Gasteiger partial charge on any atom is 0.273 e. The zero-order chi connectivity index (χ0) is 15.1. The predicted octanol–water partition coefficient (Wildman–Crippen LogP) is 1.66. The summed E-state index contributed by atoms with van der Waals surface area (Å²) in [5.74, 6) is 0.0132. The summed E-state index contributed by atoms with van der Waals surface area (Å²) < 4.78 is 0. The third-order valence-electron chi connectivity index (χ3n) is 2.82. The van der Waals surface area contributed by atoms with Gasteiger partial charge in [-0.3, -0.25) is 14.9 Å². The van der Waals surface area contributed by atoms with Gasteiger partial charge in [0.2, 0.25) is 5.91 Å². The Morgan fingerprint density at radius 1 is 1.40 bits per heavy atom. The second-order valence-corrected chi connectivity index (χ2v) is 5.15. The highest BCUT2D eigenvalue weighted by molar-refractivity contribution is 5.79. The second-order valence-electron chi connectivity index (χ2n) is 5.15. The predicted molar refractivity (Wildman–Crippen MR) is 75.3 cm³/mol. The van der Waals surface area contributed by atoms with E-state index in [0.29, 0.717) is 17.9 Å². The normalized spacial score (nSPS) is 12.2. The number of nitrogens with one attached hydrogen (secondary N) is 1. The van der Waals surface area contributed by atoms with Gasteiger partial charge in [-0.15, -0.1) is 0 Å². The standard InChI is InChI=1S/C14H20N2O4/c1-10(2)7-12(17)9-15-14(18)8-11-5-3-4-6-13(11)16(19)20/h3-6,10,12,17H,7-9H2,1-2H3,(H,15,18). The Morgan fingerprint density at radius 2 is 2.05 bits per heavy atom. The zero-order valence-electron chi connectivity index (χ0n) is 11.7. The van der Waals surface area contributed by atoms with Crippen molar-refractivity contribution in [1.82, 2.24) is 5.32 Å². The van der Waals surface area contributed by atoms with Crippen molar-refractivity contribution < 1.29 is 14.8 Å². The molecular formula is C14H20N2O4. The van der Waals surface area contributed by atoms with E-state index in [4.69, 9.17) is 0 Å². The van der Waals surface area contributed by atoms with Gasteiger partial charge in [0.1, 0.15) is 0 Å². The fraction of sp³-hybridized carbons (Fsp3) is 0.500. The molecule has 20 heavy (non-hydrogen) atoms. The molecule has 1 aromatic rings. The van der Waals surface area contributed by atoms with E-state index in [1.807, 2.05) is 13.8 Å². The molecule has 0 saturated carbocycles. The molecule has 0 spiro atoms. The maximum atomic E-state index is 11.7. The number of nitro benzene ring substituents is 1. The van der Waals surface area contributed by atoms with Crippen LogP contribution in [0.4, 0.5) is 5.69 Å². The minimum atomic E-state index is -0.593. The first-order chi connectivity index (χ1) is 9.40. The van der Waals surface area contributed by atoms with Crippen LogP contribution in [0.3, 0.4) is 0 Å². The Morgan fingerprint density at radius 3 is 2.65 bits per heavy atom. The third kappa shape index (κ3) is 5.36. The van der Waals surface area contributed by atoms with Crippen LogP contribution in [0.1, 0.15) is 25.8 Å². The topological polar surface area (TPSA) is 92.5 Å². The molecule has 0 aliphatic rings. The molecule has 0 saturated heterocycles. The number of benzene rings is 1. The first kappa shape index (κ1) is 16.1. The van der Waals surface area contributed by atoms with E-state index in [1.165, 1.54) is 6.07 Å². The van der Waals surface area contributed by atoms with Gasteiger partial charge in [0, 0.05) is 18.2 Å². The molecule has 0 aromatic heterocycles. The average Bonchev–Trinajstić information content (AvgIpc) is 2.36. The summed E-state index contributed by atoms with van der Waals surface area (Å²) in [6.45, 7) is 4.13. The van der Waals surface area contributed by atoms with Gasteiger partial charge in [0.15, 0.2) is 0 Å². The number of amides is 1. The Hall–Kier alpha value is -1.95. The van der Waals surface area contributed by atoms with Crippen molar-refractivity contribution in [1.29, 1.82) is 0 Å². The lowest BCUT2D eigenvalue weighted by Gasteiger charge is -2.13. The molecule has 1 aromatic carbocycles. The van der Waals surface area contributed by atoms with Crippen LogP contribution in [-0.4, -0.2) is 28.6 Å². The van der Waals surface area contributed by atoms with Crippen LogP contribution in [0, 0.1) is 16.0 Å². The van der Waals surface area contributed by atoms with E-state index in [2.05, 4.69) is 5.32 Å². The van der Waals surface area contributed by atoms with Crippen molar-refractivity contribution in [3.63, 3.8) is 0 Å². The van der Waals surface area contributed by atoms with Gasteiger partial charge in [0.25, 0.3) is 5.69 Å². The number of hydrogen-bond donors (Lipinski definition) is 2. The fourth-order valence-corrected chi connectivity index (χ4v) is 1.93. The molecule has 0 heterocycles. The molecule has 0 aliphatic carbocycles. The molecule has 0 aliphatic heterocycles. The van der Waals surface area contributed by atoms with Gasteiger partial charge in [-0.2, -0.15) is 0 Å². The minimum absolute atomic E-state index is 0.0639. The van der Waals surface area contributed by atoms with Crippen molar-refractivity contribution in [2.45, 2.75) is 32.8 Å². The Kier molecular flexibility index (Phi) is 6.11. The quantitative estimate of drug-likeness (QED) is 0.587. The van der Waals surface area contributed by atoms with Crippen LogP contribution in [0.5, 0.6) is 0 Å². The van der Waals surface area contributed by atoms with Crippen LogP contribution >= 0.6 is 0 Å². The smallest absolute Gasteiger partial charge is 0.273 e. The van der Waals surface area contributed by atoms with Gasteiger partial charge in [0.05, 0.1) is 17.4 Å². The minimum Gasteiger partial charge on any atom is -0.391 e. The number of para-hydroxylation sites is 1. The third-order valence-corrected chi connectivity index (χ3v) is 2.82. The first-order valence-corrected chi connectivity index (χ1v) is 6.57. The van der Waals surface area contributed by atoms with Crippen LogP contribution in [-0.2, 0) is 11.2 Å². The molecular weight excluding hydrogens is 260 g/mol. The Labute approximate surface area is 118 Å². The fourth-order valence-electron chi connectivity index (χ4n) is 1.93. The van der Waals surface area contributed by atoms with Crippen LogP contribution < -0.4 is 5.32 Å². The van der Waals surface area contributed by atoms with E-state index >= 15 is 0 Å². The number of aliphatic hydroxyl groups excluding tert-OH is 1. The van der Waals surface area contributed by atoms with Crippen molar-refractivity contribution in [3.05, 3.63) is 39.9 Å². The van der Waals surface area contributed by atoms with Crippen LogP contribution in [0.15, 0.2) is 24.3 Å². The van der Waals surface area contributed by atoms with Crippen LogP contribution in [0.25, 0.3) is 0 Å². The van der Waals surface area contributed by atoms with Crippen molar-refractivity contribution in [2.24, 2.45) is 5.92 Å². The average molecular weight is 280 g/mol. The van der Waals surface area contributed by atoms with Crippen molar-refractivity contribution >= 4 is 11.6 Å². The van der Waals surface area contributed by atoms with E-state index in [1.54, 1.807) is 18.2 Å². The summed E-state index contributed by atoms with van der Waals surface area (Å²) in [6, 6.07) is 6.15. The number of aliphatic hydroxyl groups is 1. The largest absolute Gasteiger partial charge is 0.391 e. The number of hydrogen-bond acceptors (Lipinski definition) is 4. The summed E-state index contributed by atoms with van der Waals surface area (Å²) in [5, 5.41) is 23.1. The number of carbonyl (C=O) groups is 1. The van der Waals surface area contributed by atoms with E-state index in [-0.39, 0.29) is 24.6 Å². The zero-order valence-corrected chi connectivity index (χ0v) is 11.7. The highest BCUT2D eigenvalue weighted by atomic mass is 16.6. The number of carbonyl (C=O) groups excluding carboxylic acids is 1. The molecule has 0 radical (unpaired) electrons. The molecule has 6 heteroatoms. The lowest BCUT2D eigenvalue weighted by molar-refractivity contribution is -0.385. The van der Waals surface area contributed by atoms with E-state index < -0.39 is 11.0 Å². The highest BCUT2D eigenvalue weighted by Crippen LogP contribution is 2.17. The molecule has 1 unspecified atom stereocenters. The summed E-state index contributed by atoms with van der Waals surface area (Å²) >= 11 is 0.